The average Bonchev–Trinajstić information content (AvgIpc) is 3.69. The predicted octanol–water partition coefficient (Wildman–Crippen LogP) is 4.37. The lowest BCUT2D eigenvalue weighted by Gasteiger charge is -2.43. The Balaban J connectivity index is 1.33. The zero-order valence-electron chi connectivity index (χ0n) is 32.6. The van der Waals surface area contributed by atoms with Crippen LogP contribution in [0.5, 0.6) is 5.88 Å². The van der Waals surface area contributed by atoms with Gasteiger partial charge in [-0.05, 0) is 80.3 Å². The van der Waals surface area contributed by atoms with Crippen molar-refractivity contribution in [3.8, 4) is 5.88 Å². The first-order valence-corrected chi connectivity index (χ1v) is 19.0. The summed E-state index contributed by atoms with van der Waals surface area (Å²) in [5.74, 6) is -2.53. The number of hydrogen-bond acceptors (Lipinski definition) is 13. The third kappa shape index (κ3) is 10.7. The molecule has 0 amide bonds. The zero-order chi connectivity index (χ0) is 39.0. The number of esters is 4. The number of hydrogen-bond donors (Lipinski definition) is 2. The van der Waals surface area contributed by atoms with Gasteiger partial charge in [0.15, 0.2) is 12.2 Å². The zero-order valence-corrected chi connectivity index (χ0v) is 32.6. The van der Waals surface area contributed by atoms with Gasteiger partial charge < -0.3 is 38.6 Å². The Morgan fingerprint density at radius 2 is 1.65 bits per heavy atom. The largest absolute Gasteiger partial charge is 0.463 e. The monoisotopic (exact) mass is 752 g/mol. The Bertz CT molecular complexity index is 1670. The van der Waals surface area contributed by atoms with Gasteiger partial charge in [0.1, 0.15) is 12.7 Å². The molecule has 5 rings (SSSR count). The molecule has 14 heteroatoms. The number of carbonyl (C=O) groups excluding carboxylic acids is 4. The van der Waals surface area contributed by atoms with Crippen LogP contribution in [0, 0.1) is 12.3 Å². The summed E-state index contributed by atoms with van der Waals surface area (Å²) in [7, 11) is 0. The van der Waals surface area contributed by atoms with E-state index in [1.54, 1.807) is 0 Å². The van der Waals surface area contributed by atoms with Crippen molar-refractivity contribution in [2.75, 3.05) is 39.3 Å². The van der Waals surface area contributed by atoms with E-state index in [0.29, 0.717) is 11.8 Å². The van der Waals surface area contributed by atoms with Crippen LogP contribution < -0.4 is 10.1 Å². The van der Waals surface area contributed by atoms with Crippen LogP contribution in [0.1, 0.15) is 101 Å². The van der Waals surface area contributed by atoms with Crippen molar-refractivity contribution in [2.45, 2.75) is 117 Å². The van der Waals surface area contributed by atoms with Crippen LogP contribution in [0.3, 0.4) is 0 Å². The summed E-state index contributed by atoms with van der Waals surface area (Å²) in [5.41, 5.74) is 5.40. The maximum atomic E-state index is 12.4. The minimum absolute atomic E-state index is 0.0445. The molecule has 3 fully saturated rings. The molecule has 3 aliphatic rings. The molecule has 0 saturated carbocycles. The van der Waals surface area contributed by atoms with Crippen LogP contribution in [0.2, 0.25) is 0 Å². The fourth-order valence-corrected chi connectivity index (χ4v) is 7.77. The number of piperidine rings is 1. The van der Waals surface area contributed by atoms with Gasteiger partial charge >= 0.3 is 23.9 Å². The first-order chi connectivity index (χ1) is 25.7. The number of nitrogens with zero attached hydrogens (tertiary/aromatic N) is 2. The van der Waals surface area contributed by atoms with Crippen LogP contribution in [-0.4, -0.2) is 109 Å². The van der Waals surface area contributed by atoms with Gasteiger partial charge in [-0.15, -0.1) is 5.10 Å². The summed E-state index contributed by atoms with van der Waals surface area (Å²) in [6.07, 6.45) is 3.23. The topological polar surface area (TPSA) is 168 Å². The second-order valence-electron chi connectivity index (χ2n) is 15.1. The van der Waals surface area contributed by atoms with Gasteiger partial charge in [-0.2, -0.15) is 0 Å². The molecular weight excluding hydrogens is 696 g/mol. The Morgan fingerprint density at radius 3 is 2.30 bits per heavy atom. The molecule has 14 nitrogen and oxygen atoms in total. The Morgan fingerprint density at radius 1 is 0.963 bits per heavy atom. The summed E-state index contributed by atoms with van der Waals surface area (Å²) in [5, 5.41) is 11.1. The maximum Gasteiger partial charge on any atom is 0.303 e. The molecule has 3 aliphatic heterocycles. The molecule has 1 spiro atoms. The molecule has 4 heterocycles. The van der Waals surface area contributed by atoms with Crippen molar-refractivity contribution >= 4 is 30.0 Å². The molecule has 0 unspecified atom stereocenters. The molecule has 0 aliphatic carbocycles. The normalized spacial score (nSPS) is 24.1. The number of rotatable bonds is 14. The molecule has 2 aromatic rings. The summed E-state index contributed by atoms with van der Waals surface area (Å²) >= 11 is 0. The van der Waals surface area contributed by atoms with E-state index in [2.05, 4.69) is 57.7 Å². The highest BCUT2D eigenvalue weighted by atomic mass is 16.7. The SMILES string of the molecule is CC(=O)OC[C@H]1O[C@H](Oc2n[nH]c(C(C)C)c2Cc2ccc(/C=C/CCN3CCC4(CCNCC4)C3)cc2C)[C@H](OC(C)=O)[C@@H](OC(C)=O)[C@@H]1OC(C)=O. The van der Waals surface area contributed by atoms with E-state index in [1.807, 2.05) is 13.8 Å². The smallest absolute Gasteiger partial charge is 0.303 e. The number of benzene rings is 1. The van der Waals surface area contributed by atoms with Gasteiger partial charge in [-0.1, -0.05) is 44.2 Å². The van der Waals surface area contributed by atoms with E-state index < -0.39 is 54.6 Å². The van der Waals surface area contributed by atoms with E-state index in [1.165, 1.54) is 60.0 Å². The Kier molecular flexibility index (Phi) is 13.9. The predicted molar refractivity (Wildman–Crippen MR) is 198 cm³/mol. The van der Waals surface area contributed by atoms with Crippen LogP contribution in [-0.2, 0) is 49.3 Å². The molecule has 54 heavy (non-hydrogen) atoms. The number of ether oxygens (including phenoxy) is 6. The summed E-state index contributed by atoms with van der Waals surface area (Å²) in [6.45, 7) is 16.3. The van der Waals surface area contributed by atoms with Gasteiger partial charge in [0.2, 0.25) is 18.3 Å². The molecular formula is C40H56N4O10. The number of aromatic amines is 1. The molecule has 296 valence electrons. The van der Waals surface area contributed by atoms with Gasteiger partial charge in [0.25, 0.3) is 0 Å². The van der Waals surface area contributed by atoms with E-state index in [-0.39, 0.29) is 18.4 Å². The highest BCUT2D eigenvalue weighted by Gasteiger charge is 2.53. The summed E-state index contributed by atoms with van der Waals surface area (Å²) in [4.78, 5) is 51.2. The quantitative estimate of drug-likeness (QED) is 0.207. The first-order valence-electron chi connectivity index (χ1n) is 19.0. The fraction of sp³-hybridized carbons (Fsp3) is 0.625. The fourth-order valence-electron chi connectivity index (χ4n) is 7.77. The summed E-state index contributed by atoms with van der Waals surface area (Å²) in [6, 6.07) is 6.38. The Labute approximate surface area is 317 Å². The molecule has 0 bridgehead atoms. The van der Waals surface area contributed by atoms with Crippen LogP contribution >= 0.6 is 0 Å². The van der Waals surface area contributed by atoms with Gasteiger partial charge in [-0.25, -0.2) is 0 Å². The van der Waals surface area contributed by atoms with Crippen LogP contribution in [0.15, 0.2) is 24.3 Å². The second kappa shape index (κ2) is 18.4. The van der Waals surface area contributed by atoms with E-state index >= 15 is 0 Å². The second-order valence-corrected chi connectivity index (χ2v) is 15.1. The average molecular weight is 753 g/mol. The van der Waals surface area contributed by atoms with E-state index in [4.69, 9.17) is 28.4 Å². The molecule has 0 radical (unpaired) electrons. The number of nitrogens with one attached hydrogen (secondary N) is 2. The summed E-state index contributed by atoms with van der Waals surface area (Å²) < 4.78 is 34.4. The number of carbonyl (C=O) groups is 4. The van der Waals surface area contributed by atoms with Gasteiger partial charge in [0, 0.05) is 58.5 Å². The van der Waals surface area contributed by atoms with Crippen molar-refractivity contribution in [1.29, 1.82) is 0 Å². The standard InChI is InChI=1S/C40H56N4O10/c1-24(2)34-32(21-31-12-11-30(20-25(31)3)10-8-9-18-44-19-15-40(23-44)13-16-41-17-14-40)38(43-42-34)54-39-37(52-29(7)48)36(51-28(6)47)35(50-27(5)46)33(53-39)22-49-26(4)45/h8,10-12,20,24,33,35-37,39,41H,9,13-19,21-23H2,1-7H3,(H,42,43)/b10-8+/t33-,35-,36+,37-,39-/m1/s1. The van der Waals surface area contributed by atoms with E-state index in [9.17, 15) is 19.2 Å². The van der Waals surface area contributed by atoms with E-state index in [0.717, 1.165) is 54.0 Å². The minimum atomic E-state index is -1.40. The lowest BCUT2D eigenvalue weighted by atomic mass is 9.78. The lowest BCUT2D eigenvalue weighted by Crippen LogP contribution is -2.63. The number of aromatic nitrogens is 2. The van der Waals surface area contributed by atoms with Crippen molar-refractivity contribution in [3.05, 3.63) is 52.2 Å². The van der Waals surface area contributed by atoms with Crippen LogP contribution in [0.4, 0.5) is 0 Å². The van der Waals surface area contributed by atoms with Crippen molar-refractivity contribution in [2.24, 2.45) is 5.41 Å². The minimum Gasteiger partial charge on any atom is -0.463 e. The highest BCUT2D eigenvalue weighted by molar-refractivity contribution is 5.68. The van der Waals surface area contributed by atoms with Crippen molar-refractivity contribution in [1.82, 2.24) is 20.4 Å². The first kappa shape index (κ1) is 40.9. The molecule has 2 N–H and O–H groups in total. The third-order valence-electron chi connectivity index (χ3n) is 10.5. The van der Waals surface area contributed by atoms with Crippen molar-refractivity contribution < 1.29 is 47.6 Å². The lowest BCUT2D eigenvalue weighted by molar-refractivity contribution is -0.289. The number of aryl methyl sites for hydroxylation is 1. The maximum absolute atomic E-state index is 12.4. The molecule has 3 saturated heterocycles. The molecule has 1 aromatic carbocycles. The van der Waals surface area contributed by atoms with Crippen LogP contribution in [0.25, 0.3) is 6.08 Å². The highest BCUT2D eigenvalue weighted by Crippen LogP contribution is 2.39. The van der Waals surface area contributed by atoms with Crippen molar-refractivity contribution in [3.63, 3.8) is 0 Å². The number of likely N-dealkylation sites (tertiary alicyclic amines) is 1. The third-order valence-corrected chi connectivity index (χ3v) is 10.5. The number of H-pyrrole nitrogens is 1. The van der Waals surface area contributed by atoms with Gasteiger partial charge in [0.05, 0.1) is 0 Å². The van der Waals surface area contributed by atoms with Gasteiger partial charge in [-0.3, -0.25) is 24.3 Å². The molecule has 1 aromatic heterocycles. The Hall–Kier alpha value is -4.27. The molecule has 5 atom stereocenters.